The molecule has 0 aliphatic carbocycles. The number of nitrogens with one attached hydrogen (secondary N) is 2. The standard InChI is InChI=1S/C15H11Cl2F3N4O4/c16-10(17)5-6-24-7-11(22-12(24)13(25)26)23-14(27)21-8-1-3-9(4-2-8)28-15(18,19)20/h1-5,7H,6H2,(H,25,26)(H2,21,23,27). The van der Waals surface area contributed by atoms with E-state index in [2.05, 4.69) is 20.4 Å². The van der Waals surface area contributed by atoms with Crippen molar-refractivity contribution >= 4 is 46.7 Å². The zero-order valence-corrected chi connectivity index (χ0v) is 15.1. The second kappa shape index (κ2) is 8.85. The Bertz CT molecular complexity index is 894. The van der Waals surface area contributed by atoms with Gasteiger partial charge in [0.05, 0.1) is 0 Å². The zero-order chi connectivity index (χ0) is 20.9. The van der Waals surface area contributed by atoms with E-state index in [4.69, 9.17) is 28.3 Å². The molecule has 8 nitrogen and oxygen atoms in total. The van der Waals surface area contributed by atoms with Crippen molar-refractivity contribution in [2.24, 2.45) is 0 Å². The highest BCUT2D eigenvalue weighted by Gasteiger charge is 2.31. The first kappa shape index (κ1) is 21.4. The fourth-order valence-electron chi connectivity index (χ4n) is 1.97. The van der Waals surface area contributed by atoms with Crippen molar-refractivity contribution in [3.63, 3.8) is 0 Å². The number of anilines is 2. The van der Waals surface area contributed by atoms with E-state index in [1.54, 1.807) is 0 Å². The minimum atomic E-state index is -4.82. The average molecular weight is 439 g/mol. The molecule has 0 atom stereocenters. The number of carboxylic acid groups (broad SMARTS) is 1. The first-order chi connectivity index (χ1) is 13.0. The summed E-state index contributed by atoms with van der Waals surface area (Å²) in [7, 11) is 0. The molecule has 13 heteroatoms. The lowest BCUT2D eigenvalue weighted by molar-refractivity contribution is -0.274. The molecule has 1 aromatic carbocycles. The van der Waals surface area contributed by atoms with Gasteiger partial charge in [-0.2, -0.15) is 0 Å². The highest BCUT2D eigenvalue weighted by Crippen LogP contribution is 2.24. The average Bonchev–Trinajstić information content (AvgIpc) is 2.96. The topological polar surface area (TPSA) is 105 Å². The molecule has 0 radical (unpaired) electrons. The van der Waals surface area contributed by atoms with Crippen LogP contribution in [-0.4, -0.2) is 33.0 Å². The molecule has 0 saturated carbocycles. The van der Waals surface area contributed by atoms with Gasteiger partial charge in [-0.3, -0.25) is 5.32 Å². The van der Waals surface area contributed by atoms with Crippen molar-refractivity contribution in [2.45, 2.75) is 12.9 Å². The number of carbonyl (C=O) groups excluding carboxylic acids is 1. The Hall–Kier alpha value is -2.92. The van der Waals surface area contributed by atoms with Gasteiger partial charge in [-0.15, -0.1) is 13.2 Å². The monoisotopic (exact) mass is 438 g/mol. The minimum absolute atomic E-state index is 0.000926. The predicted octanol–water partition coefficient (Wildman–Crippen LogP) is 4.44. The fraction of sp³-hybridized carbons (Fsp3) is 0.133. The van der Waals surface area contributed by atoms with E-state index in [1.807, 2.05) is 0 Å². The molecule has 0 unspecified atom stereocenters. The highest BCUT2D eigenvalue weighted by atomic mass is 35.5. The summed E-state index contributed by atoms with van der Waals surface area (Å²) in [4.78, 5) is 26.9. The fourth-order valence-corrected chi connectivity index (χ4v) is 2.11. The van der Waals surface area contributed by atoms with E-state index in [9.17, 15) is 22.8 Å². The van der Waals surface area contributed by atoms with E-state index >= 15 is 0 Å². The minimum Gasteiger partial charge on any atom is -0.475 e. The number of benzene rings is 1. The van der Waals surface area contributed by atoms with Crippen molar-refractivity contribution in [3.8, 4) is 5.75 Å². The molecule has 2 rings (SSSR count). The number of halogens is 5. The molecule has 0 aliphatic rings. The van der Waals surface area contributed by atoms with E-state index in [-0.39, 0.29) is 28.4 Å². The predicted molar refractivity (Wildman–Crippen MR) is 94.7 cm³/mol. The third kappa shape index (κ3) is 6.67. The number of aromatic nitrogens is 2. The van der Waals surface area contributed by atoms with Gasteiger partial charge in [-0.25, -0.2) is 14.6 Å². The number of aromatic carboxylic acids is 1. The Morgan fingerprint density at radius 2 is 1.86 bits per heavy atom. The first-order valence-electron chi connectivity index (χ1n) is 7.29. The zero-order valence-electron chi connectivity index (χ0n) is 13.6. The smallest absolute Gasteiger partial charge is 0.475 e. The number of rotatable bonds is 6. The third-order valence-electron chi connectivity index (χ3n) is 3.00. The van der Waals surface area contributed by atoms with Gasteiger partial charge in [0, 0.05) is 18.4 Å². The normalized spacial score (nSPS) is 10.9. The summed E-state index contributed by atoms with van der Waals surface area (Å²) in [6.07, 6.45) is -2.25. The number of hydrogen-bond donors (Lipinski definition) is 3. The quantitative estimate of drug-likeness (QED) is 0.617. The lowest BCUT2D eigenvalue weighted by atomic mass is 10.3. The lowest BCUT2D eigenvalue weighted by Gasteiger charge is -2.10. The number of carboxylic acids is 1. The summed E-state index contributed by atoms with van der Waals surface area (Å²) in [5.41, 5.74) is 0.168. The SMILES string of the molecule is O=C(Nc1ccc(OC(F)(F)F)cc1)Nc1cn(CC=C(Cl)Cl)c(C(=O)O)n1. The molecule has 28 heavy (non-hydrogen) atoms. The number of imidazole rings is 1. The Kier molecular flexibility index (Phi) is 6.75. The molecule has 0 fully saturated rings. The molecule has 1 heterocycles. The maximum atomic E-state index is 12.1. The van der Waals surface area contributed by atoms with Gasteiger partial charge >= 0.3 is 18.4 Å². The Morgan fingerprint density at radius 3 is 2.39 bits per heavy atom. The van der Waals surface area contributed by atoms with Gasteiger partial charge in [-0.05, 0) is 30.3 Å². The van der Waals surface area contributed by atoms with Gasteiger partial charge in [-0.1, -0.05) is 23.2 Å². The molecule has 0 bridgehead atoms. The van der Waals surface area contributed by atoms with Gasteiger partial charge in [0.2, 0.25) is 5.82 Å². The maximum absolute atomic E-state index is 12.1. The second-order valence-corrected chi connectivity index (χ2v) is 6.06. The summed E-state index contributed by atoms with van der Waals surface area (Å²) >= 11 is 11.0. The van der Waals surface area contributed by atoms with Crippen LogP contribution in [0.3, 0.4) is 0 Å². The van der Waals surface area contributed by atoms with Gasteiger partial charge in [0.15, 0.2) is 5.82 Å². The third-order valence-corrected chi connectivity index (χ3v) is 3.31. The summed E-state index contributed by atoms with van der Waals surface area (Å²) < 4.78 is 41.2. The van der Waals surface area contributed by atoms with Crippen molar-refractivity contribution in [1.82, 2.24) is 9.55 Å². The number of amides is 2. The maximum Gasteiger partial charge on any atom is 0.573 e. The van der Waals surface area contributed by atoms with E-state index in [0.29, 0.717) is 0 Å². The van der Waals surface area contributed by atoms with E-state index < -0.39 is 24.1 Å². The lowest BCUT2D eigenvalue weighted by Crippen LogP contribution is -2.20. The molecule has 0 saturated heterocycles. The number of nitrogens with zero attached hydrogens (tertiary/aromatic N) is 2. The molecule has 0 aliphatic heterocycles. The van der Waals surface area contributed by atoms with Gasteiger partial charge < -0.3 is 19.7 Å². The van der Waals surface area contributed by atoms with E-state index in [1.165, 1.54) is 29.0 Å². The van der Waals surface area contributed by atoms with E-state index in [0.717, 1.165) is 12.1 Å². The summed E-state index contributed by atoms with van der Waals surface area (Å²) in [5, 5.41) is 13.8. The van der Waals surface area contributed by atoms with Crippen LogP contribution in [0.15, 0.2) is 41.0 Å². The summed E-state index contributed by atoms with van der Waals surface area (Å²) in [6, 6.07) is 3.62. The molecule has 1 aromatic heterocycles. The van der Waals surface area contributed by atoms with Crippen LogP contribution in [0, 0.1) is 0 Å². The largest absolute Gasteiger partial charge is 0.573 e. The summed E-state index contributed by atoms with van der Waals surface area (Å²) in [5.74, 6) is -2.23. The molecule has 3 N–H and O–H groups in total. The number of carbonyl (C=O) groups is 2. The van der Waals surface area contributed by atoms with Crippen LogP contribution in [-0.2, 0) is 6.54 Å². The Balaban J connectivity index is 2.03. The highest BCUT2D eigenvalue weighted by molar-refractivity contribution is 6.55. The Morgan fingerprint density at radius 1 is 1.21 bits per heavy atom. The Labute approximate surface area is 165 Å². The van der Waals surface area contributed by atoms with Crippen molar-refractivity contribution in [1.29, 1.82) is 0 Å². The molecule has 150 valence electrons. The first-order valence-corrected chi connectivity index (χ1v) is 8.04. The van der Waals surface area contributed by atoms with Crippen molar-refractivity contribution in [3.05, 3.63) is 46.9 Å². The number of hydrogen-bond acceptors (Lipinski definition) is 4. The van der Waals surface area contributed by atoms with Crippen molar-refractivity contribution in [2.75, 3.05) is 10.6 Å². The number of alkyl halides is 3. The van der Waals surface area contributed by atoms with Gasteiger partial charge in [0.1, 0.15) is 10.2 Å². The number of urea groups is 1. The van der Waals surface area contributed by atoms with Crippen LogP contribution < -0.4 is 15.4 Å². The van der Waals surface area contributed by atoms with Crippen molar-refractivity contribution < 1.29 is 32.6 Å². The van der Waals surface area contributed by atoms with Crippen LogP contribution >= 0.6 is 23.2 Å². The van der Waals surface area contributed by atoms with Crippen LogP contribution in [0.25, 0.3) is 0 Å². The van der Waals surface area contributed by atoms with Crippen LogP contribution in [0.5, 0.6) is 5.75 Å². The molecule has 0 spiro atoms. The molecule has 2 aromatic rings. The molecular weight excluding hydrogens is 428 g/mol. The second-order valence-electron chi connectivity index (χ2n) is 5.05. The van der Waals surface area contributed by atoms with Crippen LogP contribution in [0.4, 0.5) is 29.5 Å². The van der Waals surface area contributed by atoms with Crippen LogP contribution in [0.2, 0.25) is 0 Å². The molecule has 2 amide bonds. The summed E-state index contributed by atoms with van der Waals surface area (Å²) in [6.45, 7) is 0.000926. The van der Waals surface area contributed by atoms with Crippen LogP contribution in [0.1, 0.15) is 10.6 Å². The van der Waals surface area contributed by atoms with Gasteiger partial charge in [0.25, 0.3) is 0 Å². The number of ether oxygens (including phenoxy) is 1. The number of allylic oxidation sites excluding steroid dienone is 1. The molecular formula is C15H11Cl2F3N4O4.